The van der Waals surface area contributed by atoms with E-state index in [1.165, 1.54) is 32.1 Å². The van der Waals surface area contributed by atoms with E-state index < -0.39 is 0 Å². The van der Waals surface area contributed by atoms with Gasteiger partial charge in [-0.25, -0.2) is 0 Å². The summed E-state index contributed by atoms with van der Waals surface area (Å²) in [4.78, 5) is 2.67. The Labute approximate surface area is 105 Å². The summed E-state index contributed by atoms with van der Waals surface area (Å²) in [5.41, 5.74) is 0.369. The topological polar surface area (TPSA) is 39.1 Å². The number of nitriles is 1. The van der Waals surface area contributed by atoms with Crippen molar-refractivity contribution >= 4 is 0 Å². The normalized spacial score (nSPS) is 26.6. The molecule has 3 nitrogen and oxygen atoms in total. The van der Waals surface area contributed by atoms with E-state index in [1.807, 2.05) is 0 Å². The van der Waals surface area contributed by atoms with Crippen LogP contribution in [0.15, 0.2) is 0 Å². The van der Waals surface area contributed by atoms with Gasteiger partial charge in [0.15, 0.2) is 0 Å². The van der Waals surface area contributed by atoms with Crippen LogP contribution < -0.4 is 5.32 Å². The Bertz CT molecular complexity index is 267. The molecule has 0 amide bonds. The average molecular weight is 235 g/mol. The number of nitrogens with zero attached hydrogens (tertiary/aromatic N) is 2. The summed E-state index contributed by atoms with van der Waals surface area (Å²) in [5.74, 6) is 0. The first kappa shape index (κ1) is 12.9. The molecule has 0 bridgehead atoms. The van der Waals surface area contributed by atoms with Gasteiger partial charge in [-0.1, -0.05) is 26.2 Å². The summed E-state index contributed by atoms with van der Waals surface area (Å²) in [5, 5.41) is 12.6. The lowest BCUT2D eigenvalue weighted by Gasteiger charge is -2.52. The van der Waals surface area contributed by atoms with Crippen LogP contribution in [0.4, 0.5) is 0 Å². The molecule has 1 spiro atoms. The number of hydrogen-bond acceptors (Lipinski definition) is 3. The molecule has 1 atom stereocenters. The molecule has 1 saturated heterocycles. The minimum atomic E-state index is 0.369. The second-order valence-electron chi connectivity index (χ2n) is 5.58. The lowest BCUT2D eigenvalue weighted by atomic mass is 9.78. The van der Waals surface area contributed by atoms with Crippen LogP contribution in [0.3, 0.4) is 0 Å². The van der Waals surface area contributed by atoms with E-state index in [1.54, 1.807) is 0 Å². The Morgan fingerprint density at radius 2 is 2.12 bits per heavy atom. The van der Waals surface area contributed by atoms with Crippen LogP contribution in [0.5, 0.6) is 0 Å². The first-order chi connectivity index (χ1) is 8.32. The van der Waals surface area contributed by atoms with Crippen molar-refractivity contribution in [3.63, 3.8) is 0 Å². The average Bonchev–Trinajstić information content (AvgIpc) is 2.38. The molecule has 0 aromatic heterocycles. The van der Waals surface area contributed by atoms with Gasteiger partial charge < -0.3 is 5.32 Å². The maximum Gasteiger partial charge on any atom is 0.0638 e. The first-order valence-corrected chi connectivity index (χ1v) is 7.17. The summed E-state index contributed by atoms with van der Waals surface area (Å²) in [6.07, 6.45) is 8.56. The van der Waals surface area contributed by atoms with Gasteiger partial charge in [-0.2, -0.15) is 5.26 Å². The van der Waals surface area contributed by atoms with Crippen LogP contribution in [0.1, 0.15) is 51.9 Å². The fraction of sp³-hybridized carbons (Fsp3) is 0.929. The number of piperazine rings is 1. The Balaban J connectivity index is 2.12. The summed E-state index contributed by atoms with van der Waals surface area (Å²) < 4.78 is 0. The molecule has 1 unspecified atom stereocenters. The number of nitrogens with one attached hydrogen (secondary N) is 1. The van der Waals surface area contributed by atoms with E-state index >= 15 is 0 Å². The molecule has 17 heavy (non-hydrogen) atoms. The second-order valence-corrected chi connectivity index (χ2v) is 5.58. The Morgan fingerprint density at radius 1 is 1.35 bits per heavy atom. The molecule has 0 aromatic carbocycles. The molecule has 3 heteroatoms. The molecular formula is C14H25N3. The molecule has 2 fully saturated rings. The fourth-order valence-corrected chi connectivity index (χ4v) is 3.68. The van der Waals surface area contributed by atoms with E-state index in [0.717, 1.165) is 26.1 Å². The van der Waals surface area contributed by atoms with Gasteiger partial charge in [-0.3, -0.25) is 4.90 Å². The summed E-state index contributed by atoms with van der Waals surface area (Å²) in [6.45, 7) is 5.57. The zero-order chi connectivity index (χ0) is 12.1. The maximum absolute atomic E-state index is 8.99. The summed E-state index contributed by atoms with van der Waals surface area (Å²) in [6, 6.07) is 2.85. The monoisotopic (exact) mass is 235 g/mol. The highest BCUT2D eigenvalue weighted by atomic mass is 15.3. The zero-order valence-corrected chi connectivity index (χ0v) is 11.0. The van der Waals surface area contributed by atoms with Crippen LogP contribution in [-0.2, 0) is 0 Å². The SMILES string of the molecule is CCC(CC#N)N1CCNCC12CCCCC2. The molecule has 1 saturated carbocycles. The summed E-state index contributed by atoms with van der Waals surface area (Å²) >= 11 is 0. The lowest BCUT2D eigenvalue weighted by Crippen LogP contribution is -2.64. The number of rotatable bonds is 3. The van der Waals surface area contributed by atoms with Crippen molar-refractivity contribution in [1.29, 1.82) is 5.26 Å². The molecule has 1 aliphatic carbocycles. The molecule has 1 heterocycles. The minimum Gasteiger partial charge on any atom is -0.314 e. The van der Waals surface area contributed by atoms with Crippen LogP contribution in [0, 0.1) is 11.3 Å². The largest absolute Gasteiger partial charge is 0.314 e. The molecular weight excluding hydrogens is 210 g/mol. The molecule has 96 valence electrons. The van der Waals surface area contributed by atoms with Gasteiger partial charge in [-0.05, 0) is 19.3 Å². The van der Waals surface area contributed by atoms with Crippen LogP contribution in [0.25, 0.3) is 0 Å². The standard InChI is InChI=1S/C14H25N3/c1-2-13(6-9-15)17-11-10-16-12-14(17)7-4-3-5-8-14/h13,16H,2-8,10-12H2,1H3. The van der Waals surface area contributed by atoms with E-state index in [2.05, 4.69) is 23.2 Å². The highest BCUT2D eigenvalue weighted by Gasteiger charge is 2.42. The van der Waals surface area contributed by atoms with Gasteiger partial charge in [0.25, 0.3) is 0 Å². The lowest BCUT2D eigenvalue weighted by molar-refractivity contribution is -0.00724. The van der Waals surface area contributed by atoms with Crippen LogP contribution in [-0.4, -0.2) is 36.1 Å². The molecule has 0 aromatic rings. The van der Waals surface area contributed by atoms with Crippen molar-refractivity contribution in [3.05, 3.63) is 0 Å². The van der Waals surface area contributed by atoms with Gasteiger partial charge in [0.1, 0.15) is 0 Å². The van der Waals surface area contributed by atoms with Crippen molar-refractivity contribution in [3.8, 4) is 6.07 Å². The highest BCUT2D eigenvalue weighted by molar-refractivity contribution is 5.01. The molecule has 2 rings (SSSR count). The van der Waals surface area contributed by atoms with E-state index in [9.17, 15) is 0 Å². The third-order valence-electron chi connectivity index (χ3n) is 4.62. The Kier molecular flexibility index (Phi) is 4.42. The Hall–Kier alpha value is -0.590. The second kappa shape index (κ2) is 5.84. The summed E-state index contributed by atoms with van der Waals surface area (Å²) in [7, 11) is 0. The van der Waals surface area contributed by atoms with Gasteiger partial charge in [0.2, 0.25) is 0 Å². The van der Waals surface area contributed by atoms with Crippen molar-refractivity contribution in [2.24, 2.45) is 0 Å². The van der Waals surface area contributed by atoms with Crippen LogP contribution >= 0.6 is 0 Å². The zero-order valence-electron chi connectivity index (χ0n) is 11.0. The maximum atomic E-state index is 8.99. The van der Waals surface area contributed by atoms with E-state index in [-0.39, 0.29) is 0 Å². The van der Waals surface area contributed by atoms with Gasteiger partial charge in [0.05, 0.1) is 12.5 Å². The van der Waals surface area contributed by atoms with Crippen molar-refractivity contribution in [2.75, 3.05) is 19.6 Å². The van der Waals surface area contributed by atoms with E-state index in [0.29, 0.717) is 18.0 Å². The quantitative estimate of drug-likeness (QED) is 0.815. The predicted molar refractivity (Wildman–Crippen MR) is 69.7 cm³/mol. The molecule has 1 N–H and O–H groups in total. The predicted octanol–water partition coefficient (Wildman–Crippen LogP) is 2.29. The number of hydrogen-bond donors (Lipinski definition) is 1. The smallest absolute Gasteiger partial charge is 0.0638 e. The van der Waals surface area contributed by atoms with Crippen LogP contribution in [0.2, 0.25) is 0 Å². The highest BCUT2D eigenvalue weighted by Crippen LogP contribution is 2.36. The molecule has 2 aliphatic rings. The fourth-order valence-electron chi connectivity index (χ4n) is 3.68. The third kappa shape index (κ3) is 2.64. The van der Waals surface area contributed by atoms with Gasteiger partial charge in [-0.15, -0.1) is 0 Å². The molecule has 0 radical (unpaired) electrons. The van der Waals surface area contributed by atoms with Crippen molar-refractivity contribution < 1.29 is 0 Å². The molecule has 1 aliphatic heterocycles. The van der Waals surface area contributed by atoms with Crippen molar-refractivity contribution in [1.82, 2.24) is 10.2 Å². The first-order valence-electron chi connectivity index (χ1n) is 7.17. The van der Waals surface area contributed by atoms with Gasteiger partial charge >= 0.3 is 0 Å². The Morgan fingerprint density at radius 3 is 2.76 bits per heavy atom. The van der Waals surface area contributed by atoms with Gasteiger partial charge in [0, 0.05) is 31.2 Å². The minimum absolute atomic E-state index is 0.369. The third-order valence-corrected chi connectivity index (χ3v) is 4.62. The van der Waals surface area contributed by atoms with Crippen molar-refractivity contribution in [2.45, 2.75) is 63.5 Å². The van der Waals surface area contributed by atoms with E-state index in [4.69, 9.17) is 5.26 Å².